The fourth-order valence-corrected chi connectivity index (χ4v) is 2.73. The number of carbonyl (C=O) groups is 1. The van der Waals surface area contributed by atoms with Crippen molar-refractivity contribution in [2.75, 3.05) is 12.4 Å². The summed E-state index contributed by atoms with van der Waals surface area (Å²) < 4.78 is 0. The summed E-state index contributed by atoms with van der Waals surface area (Å²) in [6.07, 6.45) is 9.63. The van der Waals surface area contributed by atoms with E-state index in [1.165, 1.54) is 6.20 Å². The van der Waals surface area contributed by atoms with Gasteiger partial charge in [-0.15, -0.1) is 0 Å². The van der Waals surface area contributed by atoms with Crippen LogP contribution in [0, 0.1) is 0 Å². The first-order valence-electron chi connectivity index (χ1n) is 7.91. The number of fused-ring (bicyclic) bond motifs is 1. The SMILES string of the molecule is CNc1ccc2c(c1)CC(=O)C(/C=C/c1ccc(/C=C/N)cc1)=C2. The van der Waals surface area contributed by atoms with E-state index in [-0.39, 0.29) is 5.78 Å². The normalized spacial score (nSPS) is 14.0. The van der Waals surface area contributed by atoms with Crippen molar-refractivity contribution in [1.29, 1.82) is 0 Å². The van der Waals surface area contributed by atoms with Crippen molar-refractivity contribution in [1.82, 2.24) is 0 Å². The quantitative estimate of drug-likeness (QED) is 0.900. The van der Waals surface area contributed by atoms with Gasteiger partial charge in [0, 0.05) is 24.7 Å². The molecule has 0 aliphatic heterocycles. The fraction of sp³-hybridized carbons (Fsp3) is 0.0952. The topological polar surface area (TPSA) is 55.1 Å². The van der Waals surface area contributed by atoms with Gasteiger partial charge in [0.25, 0.3) is 0 Å². The van der Waals surface area contributed by atoms with Crippen LogP contribution in [0.25, 0.3) is 18.2 Å². The zero-order valence-corrected chi connectivity index (χ0v) is 13.6. The van der Waals surface area contributed by atoms with E-state index >= 15 is 0 Å². The highest BCUT2D eigenvalue weighted by Crippen LogP contribution is 2.25. The van der Waals surface area contributed by atoms with Crippen molar-refractivity contribution in [3.8, 4) is 0 Å². The van der Waals surface area contributed by atoms with E-state index < -0.39 is 0 Å². The van der Waals surface area contributed by atoms with Gasteiger partial charge in [0.05, 0.1) is 0 Å². The highest BCUT2D eigenvalue weighted by atomic mass is 16.1. The molecule has 0 unspecified atom stereocenters. The van der Waals surface area contributed by atoms with Gasteiger partial charge in [0.1, 0.15) is 0 Å². The third kappa shape index (κ3) is 3.46. The molecule has 0 amide bonds. The molecule has 120 valence electrons. The monoisotopic (exact) mass is 316 g/mol. The second-order valence-electron chi connectivity index (χ2n) is 5.72. The number of nitrogens with two attached hydrogens (primary N) is 1. The number of ketones is 1. The fourth-order valence-electron chi connectivity index (χ4n) is 2.73. The molecule has 3 nitrogen and oxygen atoms in total. The maximum atomic E-state index is 12.4. The lowest BCUT2D eigenvalue weighted by Crippen LogP contribution is -2.11. The molecule has 3 rings (SSSR count). The van der Waals surface area contributed by atoms with Crippen LogP contribution in [-0.4, -0.2) is 12.8 Å². The predicted octanol–water partition coefficient (Wildman–Crippen LogP) is 3.88. The van der Waals surface area contributed by atoms with Gasteiger partial charge in [-0.05, 0) is 52.7 Å². The summed E-state index contributed by atoms with van der Waals surface area (Å²) in [5.41, 5.74) is 11.4. The van der Waals surface area contributed by atoms with E-state index in [1.54, 1.807) is 0 Å². The summed E-state index contributed by atoms with van der Waals surface area (Å²) in [6, 6.07) is 14.1. The Morgan fingerprint density at radius 2 is 1.71 bits per heavy atom. The Kier molecular flexibility index (Phi) is 4.62. The van der Waals surface area contributed by atoms with Crippen LogP contribution >= 0.6 is 0 Å². The second-order valence-corrected chi connectivity index (χ2v) is 5.72. The van der Waals surface area contributed by atoms with Gasteiger partial charge in [-0.2, -0.15) is 0 Å². The van der Waals surface area contributed by atoms with E-state index in [4.69, 9.17) is 5.73 Å². The highest BCUT2D eigenvalue weighted by molar-refractivity contribution is 6.06. The van der Waals surface area contributed by atoms with Crippen molar-refractivity contribution < 1.29 is 4.79 Å². The largest absolute Gasteiger partial charge is 0.405 e. The number of rotatable bonds is 4. The van der Waals surface area contributed by atoms with Gasteiger partial charge in [0.2, 0.25) is 0 Å². The number of hydrogen-bond acceptors (Lipinski definition) is 3. The lowest BCUT2D eigenvalue weighted by atomic mass is 9.90. The van der Waals surface area contributed by atoms with Crippen LogP contribution in [0.2, 0.25) is 0 Å². The first kappa shape index (κ1) is 15.8. The highest BCUT2D eigenvalue weighted by Gasteiger charge is 2.16. The minimum atomic E-state index is 0.148. The smallest absolute Gasteiger partial charge is 0.167 e. The Balaban J connectivity index is 1.83. The molecule has 1 aliphatic rings. The van der Waals surface area contributed by atoms with Gasteiger partial charge in [0.15, 0.2) is 5.78 Å². The summed E-state index contributed by atoms with van der Waals surface area (Å²) in [5, 5.41) is 3.10. The third-order valence-corrected chi connectivity index (χ3v) is 4.10. The van der Waals surface area contributed by atoms with Crippen molar-refractivity contribution in [3.63, 3.8) is 0 Å². The molecule has 1 aliphatic carbocycles. The molecule has 0 saturated heterocycles. The van der Waals surface area contributed by atoms with Gasteiger partial charge in [-0.25, -0.2) is 0 Å². The molecule has 2 aromatic carbocycles. The van der Waals surface area contributed by atoms with Crippen LogP contribution in [0.1, 0.15) is 22.3 Å². The molecule has 0 fully saturated rings. The first-order valence-corrected chi connectivity index (χ1v) is 7.91. The summed E-state index contributed by atoms with van der Waals surface area (Å²) >= 11 is 0. The number of benzene rings is 2. The van der Waals surface area contributed by atoms with Crippen LogP contribution < -0.4 is 11.1 Å². The second kappa shape index (κ2) is 7.01. The molecule has 0 atom stereocenters. The van der Waals surface area contributed by atoms with Gasteiger partial charge in [-0.3, -0.25) is 4.79 Å². The maximum absolute atomic E-state index is 12.4. The summed E-state index contributed by atoms with van der Waals surface area (Å²) in [4.78, 5) is 12.4. The third-order valence-electron chi connectivity index (χ3n) is 4.10. The van der Waals surface area contributed by atoms with Crippen molar-refractivity contribution in [3.05, 3.63) is 82.6 Å². The Hall–Kier alpha value is -3.07. The lowest BCUT2D eigenvalue weighted by molar-refractivity contribution is -0.114. The Morgan fingerprint density at radius 1 is 1.00 bits per heavy atom. The molecule has 24 heavy (non-hydrogen) atoms. The van der Waals surface area contributed by atoms with Gasteiger partial charge < -0.3 is 11.1 Å². The average Bonchev–Trinajstić information content (AvgIpc) is 2.61. The molecule has 2 aromatic rings. The Morgan fingerprint density at radius 3 is 2.38 bits per heavy atom. The zero-order chi connectivity index (χ0) is 16.9. The van der Waals surface area contributed by atoms with Crippen molar-refractivity contribution in [2.24, 2.45) is 5.73 Å². The van der Waals surface area contributed by atoms with Crippen molar-refractivity contribution >= 4 is 29.7 Å². The van der Waals surface area contributed by atoms with E-state index in [0.717, 1.165) is 33.5 Å². The number of anilines is 1. The summed E-state index contributed by atoms with van der Waals surface area (Å²) in [5.74, 6) is 0.148. The van der Waals surface area contributed by atoms with Crippen LogP contribution in [0.3, 0.4) is 0 Å². The minimum absolute atomic E-state index is 0.148. The number of hydrogen-bond donors (Lipinski definition) is 2. The molecule has 0 heterocycles. The Labute approximate surface area is 142 Å². The van der Waals surface area contributed by atoms with Crippen LogP contribution in [0.15, 0.2) is 60.3 Å². The van der Waals surface area contributed by atoms with E-state index in [0.29, 0.717) is 6.42 Å². The van der Waals surface area contributed by atoms with Crippen LogP contribution in [0.4, 0.5) is 5.69 Å². The van der Waals surface area contributed by atoms with Crippen molar-refractivity contribution in [2.45, 2.75) is 6.42 Å². The van der Waals surface area contributed by atoms with Gasteiger partial charge >= 0.3 is 0 Å². The van der Waals surface area contributed by atoms with E-state index in [9.17, 15) is 4.79 Å². The Bertz CT molecular complexity index is 843. The molecule has 3 N–H and O–H groups in total. The molecular weight excluding hydrogens is 296 g/mol. The maximum Gasteiger partial charge on any atom is 0.167 e. The minimum Gasteiger partial charge on any atom is -0.405 e. The summed E-state index contributed by atoms with van der Waals surface area (Å²) in [7, 11) is 1.88. The van der Waals surface area contributed by atoms with Gasteiger partial charge in [-0.1, -0.05) is 42.5 Å². The number of Topliss-reactive ketones (excluding diaryl/α,β-unsaturated/α-hetero) is 1. The number of allylic oxidation sites excluding steroid dienone is 2. The first-order chi connectivity index (χ1) is 11.7. The molecule has 0 aromatic heterocycles. The standard InChI is InChI=1S/C21H20N2O/c1-23-20-9-8-17-12-18(21(24)14-19(17)13-20)7-6-15-2-4-16(5-3-15)10-11-22/h2-13,23H,14,22H2,1H3/b7-6+,11-10+. The lowest BCUT2D eigenvalue weighted by Gasteiger charge is -2.14. The van der Waals surface area contributed by atoms with Crippen LogP contribution in [-0.2, 0) is 11.2 Å². The predicted molar refractivity (Wildman–Crippen MR) is 101 cm³/mol. The molecule has 0 saturated carbocycles. The molecule has 0 bridgehead atoms. The summed E-state index contributed by atoms with van der Waals surface area (Å²) in [6.45, 7) is 0. The average molecular weight is 316 g/mol. The molecular formula is C21H20N2O. The zero-order valence-electron chi connectivity index (χ0n) is 13.6. The van der Waals surface area contributed by atoms with E-state index in [2.05, 4.69) is 11.4 Å². The molecule has 3 heteroatoms. The molecule has 0 spiro atoms. The number of carbonyl (C=O) groups excluding carboxylic acids is 1. The number of nitrogens with one attached hydrogen (secondary N) is 1. The van der Waals surface area contributed by atoms with E-state index in [1.807, 2.05) is 67.7 Å². The molecule has 0 radical (unpaired) electrons. The van der Waals surface area contributed by atoms with Crippen LogP contribution in [0.5, 0.6) is 0 Å².